The second-order valence-corrected chi connectivity index (χ2v) is 10.3. The molecule has 1 saturated heterocycles. The molecule has 0 aliphatic carbocycles. The second-order valence-electron chi connectivity index (χ2n) is 8.02. The molecule has 1 aliphatic rings. The van der Waals surface area contributed by atoms with Gasteiger partial charge in [-0.2, -0.15) is 0 Å². The van der Waals surface area contributed by atoms with Gasteiger partial charge in [-0.15, -0.1) is 0 Å². The molecule has 1 aliphatic heterocycles. The number of imide groups is 1. The first kappa shape index (κ1) is 28.5. The highest BCUT2D eigenvalue weighted by molar-refractivity contribution is 9.10. The van der Waals surface area contributed by atoms with Crippen molar-refractivity contribution in [2.24, 2.45) is 0 Å². The number of benzene rings is 3. The summed E-state index contributed by atoms with van der Waals surface area (Å²) in [6, 6.07) is 16.6. The average Bonchev–Trinajstić information content (AvgIpc) is 3.19. The molecule has 8 nitrogen and oxygen atoms in total. The van der Waals surface area contributed by atoms with Crippen LogP contribution < -0.4 is 18.9 Å². The predicted octanol–water partition coefficient (Wildman–Crippen LogP) is 6.84. The summed E-state index contributed by atoms with van der Waals surface area (Å²) in [5.74, 6) is 0.703. The molecule has 1 heterocycles. The molecule has 0 radical (unpaired) electrons. The Hall–Kier alpha value is -3.47. The van der Waals surface area contributed by atoms with E-state index in [0.29, 0.717) is 44.5 Å². The van der Waals surface area contributed by atoms with Crippen LogP contribution in [0.4, 0.5) is 4.79 Å². The Labute approximate surface area is 242 Å². The van der Waals surface area contributed by atoms with E-state index in [4.69, 9.17) is 30.5 Å². The lowest BCUT2D eigenvalue weighted by Crippen LogP contribution is -2.32. The summed E-state index contributed by atoms with van der Waals surface area (Å²) in [6.07, 6.45) is 1.59. The maximum absolute atomic E-state index is 12.9. The predicted molar refractivity (Wildman–Crippen MR) is 153 cm³/mol. The van der Waals surface area contributed by atoms with Gasteiger partial charge in [0.25, 0.3) is 11.1 Å². The molecule has 2 amide bonds. The second kappa shape index (κ2) is 13.1. The van der Waals surface area contributed by atoms with Gasteiger partial charge >= 0.3 is 5.97 Å². The molecular weight excluding hydrogens is 610 g/mol. The third kappa shape index (κ3) is 7.14. The molecular formula is C28H23BrClNO7S. The van der Waals surface area contributed by atoms with Crippen molar-refractivity contribution in [3.05, 3.63) is 86.2 Å². The Morgan fingerprint density at radius 3 is 2.38 bits per heavy atom. The largest absolute Gasteiger partial charge is 0.497 e. The SMILES string of the molecule is CCOc1cc(/C=C2\SC(=O)N(CCOc3ccc(Cl)cc3)C2=O)cc(Br)c1OC(=O)c1ccc(OC)cc1. The van der Waals surface area contributed by atoms with Crippen molar-refractivity contribution >= 4 is 62.5 Å². The van der Waals surface area contributed by atoms with Crippen LogP contribution in [0.5, 0.6) is 23.0 Å². The molecule has 3 aromatic rings. The number of nitrogens with zero attached hydrogens (tertiary/aromatic N) is 1. The van der Waals surface area contributed by atoms with Gasteiger partial charge in [0.15, 0.2) is 11.5 Å². The summed E-state index contributed by atoms with van der Waals surface area (Å²) in [6.45, 7) is 2.35. The molecule has 0 unspecified atom stereocenters. The van der Waals surface area contributed by atoms with Gasteiger partial charge in [-0.05, 0) is 107 Å². The molecule has 0 atom stereocenters. The summed E-state index contributed by atoms with van der Waals surface area (Å²) in [5, 5.41) is 0.195. The van der Waals surface area contributed by atoms with Crippen LogP contribution in [0.25, 0.3) is 6.08 Å². The lowest BCUT2D eigenvalue weighted by molar-refractivity contribution is -0.123. The van der Waals surface area contributed by atoms with Gasteiger partial charge in [0.2, 0.25) is 0 Å². The van der Waals surface area contributed by atoms with Gasteiger partial charge in [0.1, 0.15) is 18.1 Å². The first-order valence-corrected chi connectivity index (χ1v) is 13.7. The highest BCUT2D eigenvalue weighted by atomic mass is 79.9. The number of thioether (sulfide) groups is 1. The lowest BCUT2D eigenvalue weighted by atomic mass is 10.1. The van der Waals surface area contributed by atoms with Crippen LogP contribution in [0, 0.1) is 0 Å². The summed E-state index contributed by atoms with van der Waals surface area (Å²) in [5.41, 5.74) is 0.917. The van der Waals surface area contributed by atoms with E-state index in [1.54, 1.807) is 73.7 Å². The maximum Gasteiger partial charge on any atom is 0.343 e. The van der Waals surface area contributed by atoms with E-state index in [1.165, 1.54) is 7.11 Å². The number of halogens is 2. The summed E-state index contributed by atoms with van der Waals surface area (Å²) < 4.78 is 22.5. The van der Waals surface area contributed by atoms with Crippen LogP contribution in [0.15, 0.2) is 70.0 Å². The molecule has 11 heteroatoms. The molecule has 4 rings (SSSR count). The molecule has 3 aromatic carbocycles. The fourth-order valence-corrected chi connectivity index (χ4v) is 5.07. The Kier molecular flexibility index (Phi) is 9.55. The normalized spacial score (nSPS) is 14.1. The fraction of sp³-hybridized carbons (Fsp3) is 0.179. The van der Waals surface area contributed by atoms with Crippen molar-refractivity contribution in [1.82, 2.24) is 4.90 Å². The molecule has 0 N–H and O–H groups in total. The number of carbonyl (C=O) groups is 3. The standard InChI is InChI=1S/C28H23BrClNO7S/c1-3-36-23-15-17(14-22(29)25(23)38-27(33)18-4-8-20(35-2)9-5-18)16-24-26(32)31(28(34)39-24)12-13-37-21-10-6-19(30)7-11-21/h4-11,14-16H,3,12-13H2,1-2H3/b24-16-. The van der Waals surface area contributed by atoms with Gasteiger partial charge < -0.3 is 18.9 Å². The number of esters is 1. The number of amides is 2. The number of ether oxygens (including phenoxy) is 4. The highest BCUT2D eigenvalue weighted by Crippen LogP contribution is 2.40. The minimum absolute atomic E-state index is 0.0960. The lowest BCUT2D eigenvalue weighted by Gasteiger charge is -2.14. The summed E-state index contributed by atoms with van der Waals surface area (Å²) >= 11 is 10.2. The van der Waals surface area contributed by atoms with Gasteiger partial charge in [0.05, 0.1) is 35.2 Å². The van der Waals surface area contributed by atoms with Crippen molar-refractivity contribution < 1.29 is 33.3 Å². The average molecular weight is 633 g/mol. The van der Waals surface area contributed by atoms with E-state index in [1.807, 2.05) is 0 Å². The van der Waals surface area contributed by atoms with Crippen LogP contribution in [-0.2, 0) is 4.79 Å². The van der Waals surface area contributed by atoms with E-state index in [2.05, 4.69) is 15.9 Å². The van der Waals surface area contributed by atoms with Crippen LogP contribution in [0.2, 0.25) is 5.02 Å². The first-order chi connectivity index (χ1) is 18.8. The van der Waals surface area contributed by atoms with Gasteiger partial charge in [-0.1, -0.05) is 11.6 Å². The Bertz CT molecular complexity index is 1410. The molecule has 0 aromatic heterocycles. The number of hydrogen-bond acceptors (Lipinski definition) is 8. The van der Waals surface area contributed by atoms with Crippen LogP contribution in [0.3, 0.4) is 0 Å². The molecule has 0 bridgehead atoms. The van der Waals surface area contributed by atoms with Crippen molar-refractivity contribution in [1.29, 1.82) is 0 Å². The van der Waals surface area contributed by atoms with Crippen molar-refractivity contribution in [2.75, 3.05) is 26.9 Å². The van der Waals surface area contributed by atoms with E-state index in [-0.39, 0.29) is 29.0 Å². The number of hydrogen-bond donors (Lipinski definition) is 0. The number of rotatable bonds is 10. The monoisotopic (exact) mass is 631 g/mol. The first-order valence-electron chi connectivity index (χ1n) is 11.8. The minimum Gasteiger partial charge on any atom is -0.497 e. The zero-order valence-corrected chi connectivity index (χ0v) is 24.1. The van der Waals surface area contributed by atoms with Crippen molar-refractivity contribution in [3.63, 3.8) is 0 Å². The molecule has 202 valence electrons. The molecule has 39 heavy (non-hydrogen) atoms. The summed E-state index contributed by atoms with van der Waals surface area (Å²) in [7, 11) is 1.54. The zero-order chi connectivity index (χ0) is 27.9. The van der Waals surface area contributed by atoms with Gasteiger partial charge in [-0.3, -0.25) is 14.5 Å². The Morgan fingerprint density at radius 2 is 1.72 bits per heavy atom. The molecule has 1 fully saturated rings. The van der Waals surface area contributed by atoms with Gasteiger partial charge in [-0.25, -0.2) is 4.79 Å². The Balaban J connectivity index is 1.48. The van der Waals surface area contributed by atoms with E-state index in [9.17, 15) is 14.4 Å². The van der Waals surface area contributed by atoms with Crippen LogP contribution in [0.1, 0.15) is 22.8 Å². The fourth-order valence-electron chi connectivity index (χ4n) is 3.54. The zero-order valence-electron chi connectivity index (χ0n) is 20.9. The summed E-state index contributed by atoms with van der Waals surface area (Å²) in [4.78, 5) is 39.6. The third-order valence-corrected chi connectivity index (χ3v) is 7.17. The van der Waals surface area contributed by atoms with Gasteiger partial charge in [0, 0.05) is 5.02 Å². The third-order valence-electron chi connectivity index (χ3n) is 5.42. The smallest absolute Gasteiger partial charge is 0.343 e. The van der Waals surface area contributed by atoms with Crippen molar-refractivity contribution in [3.8, 4) is 23.0 Å². The van der Waals surface area contributed by atoms with E-state index < -0.39 is 11.9 Å². The quantitative estimate of drug-likeness (QED) is 0.136. The maximum atomic E-state index is 12.9. The topological polar surface area (TPSA) is 91.4 Å². The van der Waals surface area contributed by atoms with Crippen LogP contribution >= 0.6 is 39.3 Å². The Morgan fingerprint density at radius 1 is 1.03 bits per heavy atom. The molecule has 0 saturated carbocycles. The molecule has 0 spiro atoms. The number of carbonyl (C=O) groups excluding carboxylic acids is 3. The van der Waals surface area contributed by atoms with E-state index in [0.717, 1.165) is 16.7 Å². The number of methoxy groups -OCH3 is 1. The van der Waals surface area contributed by atoms with Crippen molar-refractivity contribution in [2.45, 2.75) is 6.92 Å². The van der Waals surface area contributed by atoms with Crippen LogP contribution in [-0.4, -0.2) is 48.9 Å². The highest BCUT2D eigenvalue weighted by Gasteiger charge is 2.35. The minimum atomic E-state index is -0.575. The van der Waals surface area contributed by atoms with E-state index >= 15 is 0 Å².